The number of aliphatic carboxylic acids is 1. The number of aromatic amines is 1. The molecule has 2 heterocycles. The SMILES string of the molecule is CCC(CC)(C(=O)O)C(=O)Oc1c(C(=O)c2cccs2)[nH]c2cc(Cl)ccc12. The largest absolute Gasteiger partial charge is 0.480 e. The molecule has 0 atom stereocenters. The lowest BCUT2D eigenvalue weighted by Gasteiger charge is -2.24. The molecular formula is C20H18ClNO5S. The fraction of sp³-hybridized carbons (Fsp3) is 0.250. The molecular weight excluding hydrogens is 402 g/mol. The van der Waals surface area contributed by atoms with Crippen LogP contribution in [0.3, 0.4) is 0 Å². The Bertz CT molecular complexity index is 1050. The van der Waals surface area contributed by atoms with Gasteiger partial charge in [-0.3, -0.25) is 14.4 Å². The molecule has 28 heavy (non-hydrogen) atoms. The third-order valence-corrected chi connectivity index (χ3v) is 5.99. The van der Waals surface area contributed by atoms with Crippen molar-refractivity contribution in [3.05, 3.63) is 51.3 Å². The maximum Gasteiger partial charge on any atom is 0.328 e. The molecule has 0 aliphatic rings. The number of benzene rings is 1. The molecule has 0 fully saturated rings. The topological polar surface area (TPSA) is 96.5 Å². The summed E-state index contributed by atoms with van der Waals surface area (Å²) in [6.07, 6.45) is 0.139. The van der Waals surface area contributed by atoms with Gasteiger partial charge in [0.05, 0.1) is 10.4 Å². The summed E-state index contributed by atoms with van der Waals surface area (Å²) in [4.78, 5) is 41.0. The average Bonchev–Trinajstić information content (AvgIpc) is 3.31. The van der Waals surface area contributed by atoms with E-state index in [1.165, 1.54) is 11.3 Å². The lowest BCUT2D eigenvalue weighted by Crippen LogP contribution is -2.41. The molecule has 0 aliphatic heterocycles. The Morgan fingerprint density at radius 3 is 2.50 bits per heavy atom. The summed E-state index contributed by atoms with van der Waals surface area (Å²) in [5.74, 6) is -2.49. The van der Waals surface area contributed by atoms with Crippen LogP contribution in [-0.4, -0.2) is 27.8 Å². The average molecular weight is 420 g/mol. The number of aromatic nitrogens is 1. The normalized spacial score (nSPS) is 11.5. The van der Waals surface area contributed by atoms with Gasteiger partial charge < -0.3 is 14.8 Å². The number of ether oxygens (including phenoxy) is 1. The highest BCUT2D eigenvalue weighted by atomic mass is 35.5. The fourth-order valence-corrected chi connectivity index (χ4v) is 3.90. The molecule has 8 heteroatoms. The van der Waals surface area contributed by atoms with Crippen molar-refractivity contribution in [1.82, 2.24) is 4.98 Å². The summed E-state index contributed by atoms with van der Waals surface area (Å²) < 4.78 is 5.56. The number of hydrogen-bond donors (Lipinski definition) is 2. The van der Waals surface area contributed by atoms with Crippen molar-refractivity contribution in [3.63, 3.8) is 0 Å². The van der Waals surface area contributed by atoms with Crippen molar-refractivity contribution in [1.29, 1.82) is 0 Å². The number of ketones is 1. The highest BCUT2D eigenvalue weighted by Gasteiger charge is 2.45. The van der Waals surface area contributed by atoms with Crippen LogP contribution in [0.1, 0.15) is 42.1 Å². The van der Waals surface area contributed by atoms with E-state index in [4.69, 9.17) is 16.3 Å². The number of halogens is 1. The predicted molar refractivity (Wildman–Crippen MR) is 107 cm³/mol. The number of thiophene rings is 1. The number of rotatable bonds is 7. The van der Waals surface area contributed by atoms with Gasteiger partial charge in [-0.1, -0.05) is 31.5 Å². The first-order valence-corrected chi connectivity index (χ1v) is 9.95. The van der Waals surface area contributed by atoms with Crippen LogP contribution < -0.4 is 4.74 Å². The zero-order chi connectivity index (χ0) is 20.5. The second-order valence-electron chi connectivity index (χ2n) is 6.31. The third-order valence-electron chi connectivity index (χ3n) is 4.89. The Morgan fingerprint density at radius 2 is 1.93 bits per heavy atom. The first-order chi connectivity index (χ1) is 13.3. The first-order valence-electron chi connectivity index (χ1n) is 8.69. The summed E-state index contributed by atoms with van der Waals surface area (Å²) in [5.41, 5.74) is -1.08. The van der Waals surface area contributed by atoms with Crippen LogP contribution in [0.4, 0.5) is 0 Å². The molecule has 0 amide bonds. The number of hydrogen-bond acceptors (Lipinski definition) is 5. The van der Waals surface area contributed by atoms with Crippen LogP contribution >= 0.6 is 22.9 Å². The lowest BCUT2D eigenvalue weighted by molar-refractivity contribution is -0.163. The number of carboxylic acid groups (broad SMARTS) is 1. The van der Waals surface area contributed by atoms with Gasteiger partial charge in [-0.15, -0.1) is 11.3 Å². The van der Waals surface area contributed by atoms with Gasteiger partial charge in [-0.25, -0.2) is 0 Å². The second-order valence-corrected chi connectivity index (χ2v) is 7.69. The van der Waals surface area contributed by atoms with Crippen molar-refractivity contribution >= 4 is 51.6 Å². The zero-order valence-electron chi connectivity index (χ0n) is 15.2. The highest BCUT2D eigenvalue weighted by molar-refractivity contribution is 7.12. The van der Waals surface area contributed by atoms with Gasteiger partial charge in [0.15, 0.2) is 11.2 Å². The minimum atomic E-state index is -1.68. The van der Waals surface area contributed by atoms with E-state index in [0.717, 1.165) is 0 Å². The minimum absolute atomic E-state index is 0.0163. The minimum Gasteiger partial charge on any atom is -0.480 e. The molecule has 6 nitrogen and oxygen atoms in total. The van der Waals surface area contributed by atoms with Crippen LogP contribution in [0.25, 0.3) is 10.9 Å². The number of esters is 1. The predicted octanol–water partition coefficient (Wildman–Crippen LogP) is 4.91. The molecule has 2 aromatic heterocycles. The monoisotopic (exact) mass is 419 g/mol. The summed E-state index contributed by atoms with van der Waals surface area (Å²) in [6.45, 7) is 3.23. The van der Waals surface area contributed by atoms with Crippen LogP contribution in [0.15, 0.2) is 35.7 Å². The summed E-state index contributed by atoms with van der Waals surface area (Å²) >= 11 is 7.29. The van der Waals surface area contributed by atoms with E-state index < -0.39 is 17.4 Å². The van der Waals surface area contributed by atoms with E-state index >= 15 is 0 Å². The number of carboxylic acids is 1. The lowest BCUT2D eigenvalue weighted by atomic mass is 9.82. The molecule has 0 saturated carbocycles. The molecule has 0 aliphatic carbocycles. The molecule has 1 aromatic carbocycles. The number of carbonyl (C=O) groups is 3. The molecule has 0 unspecified atom stereocenters. The van der Waals surface area contributed by atoms with Crippen molar-refractivity contribution in [2.24, 2.45) is 5.41 Å². The molecule has 0 radical (unpaired) electrons. The Morgan fingerprint density at radius 1 is 1.21 bits per heavy atom. The maximum absolute atomic E-state index is 12.9. The van der Waals surface area contributed by atoms with Gasteiger partial charge in [0.25, 0.3) is 0 Å². The molecule has 3 aromatic rings. The number of H-pyrrole nitrogens is 1. The van der Waals surface area contributed by atoms with Gasteiger partial charge in [0.1, 0.15) is 5.69 Å². The van der Waals surface area contributed by atoms with Crippen molar-refractivity contribution in [2.45, 2.75) is 26.7 Å². The zero-order valence-corrected chi connectivity index (χ0v) is 16.8. The van der Waals surface area contributed by atoms with Gasteiger partial charge >= 0.3 is 11.9 Å². The van der Waals surface area contributed by atoms with Crippen molar-refractivity contribution < 1.29 is 24.2 Å². The smallest absolute Gasteiger partial charge is 0.328 e. The fourth-order valence-electron chi connectivity index (χ4n) is 3.06. The number of fused-ring (bicyclic) bond motifs is 1. The van der Waals surface area contributed by atoms with Crippen LogP contribution in [0, 0.1) is 5.41 Å². The summed E-state index contributed by atoms with van der Waals surface area (Å²) in [7, 11) is 0. The van der Waals surface area contributed by atoms with E-state index in [1.807, 2.05) is 0 Å². The van der Waals surface area contributed by atoms with E-state index in [1.54, 1.807) is 49.6 Å². The Labute approximate surface area is 170 Å². The molecule has 0 spiro atoms. The highest BCUT2D eigenvalue weighted by Crippen LogP contribution is 2.37. The first kappa shape index (κ1) is 20.1. The maximum atomic E-state index is 12.9. The standard InChI is InChI=1S/C20H18ClNO5S/c1-3-20(4-2,18(24)25)19(26)27-17-12-8-7-11(21)10-13(12)22-15(17)16(23)14-6-5-9-28-14/h5-10,22H,3-4H2,1-2H3,(H,24,25). The quantitative estimate of drug-likeness (QED) is 0.322. The molecule has 3 rings (SSSR count). The summed E-state index contributed by atoms with van der Waals surface area (Å²) in [6, 6.07) is 8.26. The number of carbonyl (C=O) groups excluding carboxylic acids is 2. The van der Waals surface area contributed by atoms with Gasteiger partial charge in [0, 0.05) is 10.4 Å². The molecule has 146 valence electrons. The van der Waals surface area contributed by atoms with Gasteiger partial charge in [-0.2, -0.15) is 0 Å². The Kier molecular flexibility index (Phi) is 5.58. The van der Waals surface area contributed by atoms with Gasteiger partial charge in [0.2, 0.25) is 5.78 Å². The van der Waals surface area contributed by atoms with Crippen LogP contribution in [0.5, 0.6) is 5.75 Å². The molecule has 0 bridgehead atoms. The second kappa shape index (κ2) is 7.77. The Hall–Kier alpha value is -2.64. The van der Waals surface area contributed by atoms with Crippen molar-refractivity contribution in [2.75, 3.05) is 0 Å². The van der Waals surface area contributed by atoms with E-state index in [2.05, 4.69) is 4.98 Å². The van der Waals surface area contributed by atoms with E-state index in [0.29, 0.717) is 20.8 Å². The summed E-state index contributed by atoms with van der Waals surface area (Å²) in [5, 5.41) is 12.3. The molecule has 2 N–H and O–H groups in total. The van der Waals surface area contributed by atoms with E-state index in [-0.39, 0.29) is 30.1 Å². The third kappa shape index (κ3) is 3.31. The van der Waals surface area contributed by atoms with Crippen molar-refractivity contribution in [3.8, 4) is 5.75 Å². The van der Waals surface area contributed by atoms with E-state index in [9.17, 15) is 19.5 Å². The van der Waals surface area contributed by atoms with Crippen LogP contribution in [0.2, 0.25) is 5.02 Å². The van der Waals surface area contributed by atoms with Crippen LogP contribution in [-0.2, 0) is 9.59 Å². The number of nitrogens with one attached hydrogen (secondary N) is 1. The Balaban J connectivity index is 2.13. The molecule has 0 saturated heterocycles. The van der Waals surface area contributed by atoms with Gasteiger partial charge in [-0.05, 0) is 42.5 Å².